The van der Waals surface area contributed by atoms with Crippen molar-refractivity contribution >= 4 is 34.1 Å². The van der Waals surface area contributed by atoms with E-state index in [1.165, 1.54) is 0 Å². The van der Waals surface area contributed by atoms with Gasteiger partial charge in [-0.05, 0) is 36.4 Å². The monoisotopic (exact) mass is 390 g/mol. The number of carbonyl (C=O) groups is 2. The third kappa shape index (κ3) is 4.96. The number of nitrogens with zero attached hydrogens (tertiary/aromatic N) is 2. The van der Waals surface area contributed by atoms with Gasteiger partial charge in [-0.25, -0.2) is 4.98 Å². The summed E-state index contributed by atoms with van der Waals surface area (Å²) in [4.78, 5) is 31.1. The third-order valence-electron chi connectivity index (χ3n) is 4.73. The van der Waals surface area contributed by atoms with Crippen LogP contribution < -0.4 is 10.6 Å². The summed E-state index contributed by atoms with van der Waals surface area (Å²) in [5.41, 5.74) is 2.45. The van der Waals surface area contributed by atoms with Crippen LogP contribution in [0.5, 0.6) is 0 Å². The van der Waals surface area contributed by atoms with Crippen molar-refractivity contribution in [1.29, 1.82) is 0 Å². The lowest BCUT2D eigenvalue weighted by Gasteiger charge is -2.25. The summed E-state index contributed by atoms with van der Waals surface area (Å²) in [5.74, 6) is -0.344. The smallest absolute Gasteiger partial charge is 0.274 e. The highest BCUT2D eigenvalue weighted by molar-refractivity contribution is 6.04. The maximum absolute atomic E-state index is 12.5. The molecule has 7 heteroatoms. The van der Waals surface area contributed by atoms with Crippen molar-refractivity contribution in [2.24, 2.45) is 0 Å². The number of nitrogens with one attached hydrogen (secondary N) is 2. The maximum Gasteiger partial charge on any atom is 0.274 e. The molecule has 1 aliphatic rings. The maximum atomic E-state index is 12.5. The van der Waals surface area contributed by atoms with E-state index in [0.29, 0.717) is 36.8 Å². The number of anilines is 2. The highest BCUT2D eigenvalue weighted by Crippen LogP contribution is 2.16. The normalized spacial score (nSPS) is 14.5. The number of hydrogen-bond donors (Lipinski definition) is 2. The molecule has 1 saturated heterocycles. The Morgan fingerprint density at radius 2 is 1.59 bits per heavy atom. The van der Waals surface area contributed by atoms with Crippen molar-refractivity contribution in [1.82, 2.24) is 9.88 Å². The van der Waals surface area contributed by atoms with Gasteiger partial charge < -0.3 is 15.4 Å². The number of amides is 2. The van der Waals surface area contributed by atoms with Crippen LogP contribution in [-0.2, 0) is 9.53 Å². The molecular formula is C22H22N4O3. The first-order valence-electron chi connectivity index (χ1n) is 9.54. The van der Waals surface area contributed by atoms with Crippen LogP contribution in [0.4, 0.5) is 11.4 Å². The summed E-state index contributed by atoms with van der Waals surface area (Å²) in [7, 11) is 0. The lowest BCUT2D eigenvalue weighted by Crippen LogP contribution is -2.41. The molecule has 148 valence electrons. The molecule has 0 unspecified atom stereocenters. The number of carbonyl (C=O) groups excluding carboxylic acids is 2. The van der Waals surface area contributed by atoms with Crippen molar-refractivity contribution in [3.05, 3.63) is 66.4 Å². The zero-order valence-electron chi connectivity index (χ0n) is 15.9. The number of fused-ring (bicyclic) bond motifs is 1. The van der Waals surface area contributed by atoms with E-state index in [9.17, 15) is 9.59 Å². The molecule has 0 radical (unpaired) electrons. The molecule has 1 aliphatic heterocycles. The largest absolute Gasteiger partial charge is 0.379 e. The highest BCUT2D eigenvalue weighted by Gasteiger charge is 2.14. The average molecular weight is 390 g/mol. The number of aromatic nitrogens is 1. The molecule has 2 N–H and O–H groups in total. The Kier molecular flexibility index (Phi) is 5.79. The van der Waals surface area contributed by atoms with E-state index in [-0.39, 0.29) is 11.8 Å². The molecule has 0 aliphatic carbocycles. The minimum absolute atomic E-state index is 0.0657. The number of pyridine rings is 1. The Bertz CT molecular complexity index is 1010. The summed E-state index contributed by atoms with van der Waals surface area (Å²) in [6.07, 6.45) is 0. The fraction of sp³-hybridized carbons (Fsp3) is 0.227. The predicted molar refractivity (Wildman–Crippen MR) is 112 cm³/mol. The number of benzene rings is 2. The van der Waals surface area contributed by atoms with Crippen LogP contribution in [0, 0.1) is 0 Å². The second-order valence-corrected chi connectivity index (χ2v) is 6.86. The van der Waals surface area contributed by atoms with Crippen LogP contribution >= 0.6 is 0 Å². The molecule has 2 aromatic carbocycles. The van der Waals surface area contributed by atoms with Crippen molar-refractivity contribution < 1.29 is 14.3 Å². The molecule has 2 amide bonds. The molecule has 4 rings (SSSR count). The van der Waals surface area contributed by atoms with E-state index in [1.807, 2.05) is 30.3 Å². The van der Waals surface area contributed by atoms with Crippen LogP contribution in [0.1, 0.15) is 10.5 Å². The Morgan fingerprint density at radius 1 is 0.897 bits per heavy atom. The number of morpholine rings is 1. The first kappa shape index (κ1) is 19.0. The van der Waals surface area contributed by atoms with Gasteiger partial charge in [0.2, 0.25) is 5.91 Å². The number of ether oxygens (including phenoxy) is 1. The second-order valence-electron chi connectivity index (χ2n) is 6.86. The molecule has 0 bridgehead atoms. The van der Waals surface area contributed by atoms with Crippen LogP contribution in [0.15, 0.2) is 60.7 Å². The molecule has 2 heterocycles. The van der Waals surface area contributed by atoms with Gasteiger partial charge in [0, 0.05) is 29.9 Å². The highest BCUT2D eigenvalue weighted by atomic mass is 16.5. The Hall–Kier alpha value is -3.29. The Balaban J connectivity index is 1.34. The number of para-hydroxylation sites is 1. The lowest BCUT2D eigenvalue weighted by atomic mass is 10.2. The zero-order valence-corrected chi connectivity index (χ0v) is 15.9. The molecule has 7 nitrogen and oxygen atoms in total. The SMILES string of the molecule is O=C(CN1CCOCC1)Nc1ccc(NC(=O)c2ccc3ccccc3n2)cc1. The van der Waals surface area contributed by atoms with Crippen molar-refractivity contribution in [2.75, 3.05) is 43.5 Å². The summed E-state index contributed by atoms with van der Waals surface area (Å²) in [6, 6.07) is 18.3. The number of hydrogen-bond acceptors (Lipinski definition) is 5. The molecule has 0 saturated carbocycles. The van der Waals surface area contributed by atoms with Crippen LogP contribution in [0.3, 0.4) is 0 Å². The molecule has 0 atom stereocenters. The van der Waals surface area contributed by atoms with Crippen LogP contribution in [0.25, 0.3) is 10.9 Å². The van der Waals surface area contributed by atoms with Gasteiger partial charge in [0.1, 0.15) is 5.69 Å². The van der Waals surface area contributed by atoms with E-state index in [0.717, 1.165) is 24.0 Å². The molecule has 0 spiro atoms. The van der Waals surface area contributed by atoms with E-state index in [4.69, 9.17) is 4.74 Å². The van der Waals surface area contributed by atoms with Crippen molar-refractivity contribution in [2.45, 2.75) is 0 Å². The number of rotatable bonds is 5. The average Bonchev–Trinajstić information content (AvgIpc) is 2.75. The van der Waals surface area contributed by atoms with E-state index >= 15 is 0 Å². The minimum Gasteiger partial charge on any atom is -0.379 e. The summed E-state index contributed by atoms with van der Waals surface area (Å²) in [5, 5.41) is 6.70. The first-order chi connectivity index (χ1) is 14.2. The van der Waals surface area contributed by atoms with Gasteiger partial charge in [-0.3, -0.25) is 14.5 Å². The summed E-state index contributed by atoms with van der Waals surface area (Å²) in [6.45, 7) is 3.19. The van der Waals surface area contributed by atoms with Gasteiger partial charge in [0.25, 0.3) is 5.91 Å². The summed E-state index contributed by atoms with van der Waals surface area (Å²) >= 11 is 0. The molecular weight excluding hydrogens is 368 g/mol. The van der Waals surface area contributed by atoms with Crippen molar-refractivity contribution in [3.8, 4) is 0 Å². The van der Waals surface area contributed by atoms with Crippen LogP contribution in [0.2, 0.25) is 0 Å². The van der Waals surface area contributed by atoms with Gasteiger partial charge in [-0.2, -0.15) is 0 Å². The first-order valence-corrected chi connectivity index (χ1v) is 9.54. The van der Waals surface area contributed by atoms with Gasteiger partial charge >= 0.3 is 0 Å². The van der Waals surface area contributed by atoms with Gasteiger partial charge in [0.15, 0.2) is 0 Å². The topological polar surface area (TPSA) is 83.6 Å². The standard InChI is InChI=1S/C22H22N4O3/c27-21(15-26-11-13-29-14-12-26)23-17-6-8-18(9-7-17)24-22(28)20-10-5-16-3-1-2-4-19(16)25-20/h1-10H,11-15H2,(H,23,27)(H,24,28). The van der Waals surface area contributed by atoms with E-state index in [1.54, 1.807) is 30.3 Å². The van der Waals surface area contributed by atoms with Gasteiger partial charge in [-0.1, -0.05) is 24.3 Å². The van der Waals surface area contributed by atoms with Gasteiger partial charge in [-0.15, -0.1) is 0 Å². The molecule has 1 aromatic heterocycles. The molecule has 3 aromatic rings. The quantitative estimate of drug-likeness (QED) is 0.700. The minimum atomic E-state index is -0.278. The second kappa shape index (κ2) is 8.81. The van der Waals surface area contributed by atoms with Gasteiger partial charge in [0.05, 0.1) is 25.3 Å². The Morgan fingerprint density at radius 3 is 2.34 bits per heavy atom. The fourth-order valence-electron chi connectivity index (χ4n) is 3.19. The molecule has 1 fully saturated rings. The summed E-state index contributed by atoms with van der Waals surface area (Å²) < 4.78 is 5.29. The third-order valence-corrected chi connectivity index (χ3v) is 4.73. The van der Waals surface area contributed by atoms with Crippen molar-refractivity contribution in [3.63, 3.8) is 0 Å². The van der Waals surface area contributed by atoms with Crippen LogP contribution in [-0.4, -0.2) is 54.5 Å². The Labute approximate surface area is 168 Å². The fourth-order valence-corrected chi connectivity index (χ4v) is 3.19. The van der Waals surface area contributed by atoms with E-state index in [2.05, 4.69) is 20.5 Å². The predicted octanol–water partition coefficient (Wildman–Crippen LogP) is 2.76. The molecule has 29 heavy (non-hydrogen) atoms. The lowest BCUT2D eigenvalue weighted by molar-refractivity contribution is -0.118. The van der Waals surface area contributed by atoms with E-state index < -0.39 is 0 Å². The zero-order chi connectivity index (χ0) is 20.1.